The molecular weight excluding hydrogens is 292 g/mol. The van der Waals surface area contributed by atoms with Crippen molar-refractivity contribution < 1.29 is 4.79 Å². The van der Waals surface area contributed by atoms with Crippen molar-refractivity contribution >= 4 is 17.7 Å². The molecule has 22 heavy (non-hydrogen) atoms. The highest BCUT2D eigenvalue weighted by Gasteiger charge is 2.17. The molecule has 1 amide bonds. The first-order valence-electron chi connectivity index (χ1n) is 7.66. The molecule has 0 radical (unpaired) electrons. The molecule has 0 bridgehead atoms. The van der Waals surface area contributed by atoms with Crippen molar-refractivity contribution in [2.45, 2.75) is 28.7 Å². The Labute approximate surface area is 135 Å². The summed E-state index contributed by atoms with van der Waals surface area (Å²) in [5.41, 5.74) is 0.745. The molecule has 2 aromatic carbocycles. The molecule has 1 heterocycles. The van der Waals surface area contributed by atoms with Crippen LogP contribution in [0.3, 0.4) is 0 Å². The first kappa shape index (κ1) is 15.1. The molecule has 4 heteroatoms. The second-order valence-corrected chi connectivity index (χ2v) is 6.53. The normalized spacial score (nSPS) is 17.4. The van der Waals surface area contributed by atoms with Crippen molar-refractivity contribution in [3.8, 4) is 0 Å². The van der Waals surface area contributed by atoms with Crippen molar-refractivity contribution in [3.05, 3.63) is 60.2 Å². The lowest BCUT2D eigenvalue weighted by atomic mass is 10.2. The Kier molecular flexibility index (Phi) is 5.14. The van der Waals surface area contributed by atoms with E-state index in [9.17, 15) is 4.79 Å². The van der Waals surface area contributed by atoms with Gasteiger partial charge >= 0.3 is 0 Å². The van der Waals surface area contributed by atoms with Gasteiger partial charge in [0.1, 0.15) is 0 Å². The van der Waals surface area contributed by atoms with E-state index in [1.54, 1.807) is 11.8 Å². The van der Waals surface area contributed by atoms with E-state index in [0.717, 1.165) is 28.3 Å². The van der Waals surface area contributed by atoms with Gasteiger partial charge in [0, 0.05) is 22.4 Å². The van der Waals surface area contributed by atoms with E-state index in [2.05, 4.69) is 22.8 Å². The van der Waals surface area contributed by atoms with E-state index in [1.165, 1.54) is 6.42 Å². The van der Waals surface area contributed by atoms with Crippen LogP contribution in [0.4, 0.5) is 0 Å². The first-order chi connectivity index (χ1) is 10.8. The van der Waals surface area contributed by atoms with E-state index in [1.807, 2.05) is 42.5 Å². The van der Waals surface area contributed by atoms with Crippen LogP contribution in [-0.4, -0.2) is 25.0 Å². The van der Waals surface area contributed by atoms with Gasteiger partial charge < -0.3 is 10.6 Å². The standard InChI is InChI=1S/C18H20N2OS/c21-18(20-13-14-7-6-12-19-14)16-10-4-5-11-17(16)22-15-8-2-1-3-9-15/h1-5,8-11,14,19H,6-7,12-13H2,(H,20,21). The zero-order chi connectivity index (χ0) is 15.2. The maximum Gasteiger partial charge on any atom is 0.252 e. The molecule has 0 aromatic heterocycles. The predicted molar refractivity (Wildman–Crippen MR) is 90.4 cm³/mol. The van der Waals surface area contributed by atoms with Crippen LogP contribution in [0.1, 0.15) is 23.2 Å². The fourth-order valence-electron chi connectivity index (χ4n) is 2.60. The Morgan fingerprint density at radius 2 is 1.91 bits per heavy atom. The number of rotatable bonds is 5. The maximum atomic E-state index is 12.5. The van der Waals surface area contributed by atoms with Crippen molar-refractivity contribution in [2.24, 2.45) is 0 Å². The Bertz CT molecular complexity index is 624. The minimum atomic E-state index is 0.00716. The number of amides is 1. The van der Waals surface area contributed by atoms with Gasteiger partial charge in [-0.1, -0.05) is 42.1 Å². The van der Waals surface area contributed by atoms with Crippen LogP contribution < -0.4 is 10.6 Å². The molecule has 0 saturated carbocycles. The molecule has 1 fully saturated rings. The van der Waals surface area contributed by atoms with Gasteiger partial charge in [-0.25, -0.2) is 0 Å². The predicted octanol–water partition coefficient (Wildman–Crippen LogP) is 3.32. The molecule has 1 atom stereocenters. The second-order valence-electron chi connectivity index (χ2n) is 5.41. The Morgan fingerprint density at radius 1 is 1.14 bits per heavy atom. The second kappa shape index (κ2) is 7.47. The van der Waals surface area contributed by atoms with E-state index >= 15 is 0 Å². The highest BCUT2D eigenvalue weighted by Crippen LogP contribution is 2.30. The molecule has 114 valence electrons. The summed E-state index contributed by atoms with van der Waals surface area (Å²) in [6.07, 6.45) is 2.33. The van der Waals surface area contributed by atoms with Crippen LogP contribution in [0.5, 0.6) is 0 Å². The molecule has 1 unspecified atom stereocenters. The average molecular weight is 312 g/mol. The van der Waals surface area contributed by atoms with E-state index < -0.39 is 0 Å². The molecule has 0 spiro atoms. The molecule has 3 nitrogen and oxygen atoms in total. The maximum absolute atomic E-state index is 12.5. The lowest BCUT2D eigenvalue weighted by Crippen LogP contribution is -2.37. The number of carbonyl (C=O) groups is 1. The van der Waals surface area contributed by atoms with Crippen LogP contribution in [-0.2, 0) is 0 Å². The van der Waals surface area contributed by atoms with Crippen molar-refractivity contribution in [1.82, 2.24) is 10.6 Å². The minimum Gasteiger partial charge on any atom is -0.350 e. The van der Waals surface area contributed by atoms with Crippen LogP contribution in [0, 0.1) is 0 Å². The highest BCUT2D eigenvalue weighted by atomic mass is 32.2. The third-order valence-electron chi connectivity index (χ3n) is 3.77. The van der Waals surface area contributed by atoms with Gasteiger partial charge in [-0.15, -0.1) is 0 Å². The van der Waals surface area contributed by atoms with E-state index in [4.69, 9.17) is 0 Å². The fourth-order valence-corrected chi connectivity index (χ4v) is 3.57. The summed E-state index contributed by atoms with van der Waals surface area (Å²) in [5, 5.41) is 6.45. The average Bonchev–Trinajstić information content (AvgIpc) is 3.08. The van der Waals surface area contributed by atoms with Crippen molar-refractivity contribution in [1.29, 1.82) is 0 Å². The first-order valence-corrected chi connectivity index (χ1v) is 8.48. The van der Waals surface area contributed by atoms with Gasteiger partial charge in [0.2, 0.25) is 0 Å². The highest BCUT2D eigenvalue weighted by molar-refractivity contribution is 7.99. The quantitative estimate of drug-likeness (QED) is 0.890. The minimum absolute atomic E-state index is 0.00716. The molecule has 1 saturated heterocycles. The fraction of sp³-hybridized carbons (Fsp3) is 0.278. The van der Waals surface area contributed by atoms with Crippen LogP contribution >= 0.6 is 11.8 Å². The zero-order valence-electron chi connectivity index (χ0n) is 12.4. The van der Waals surface area contributed by atoms with Gasteiger partial charge in [0.15, 0.2) is 0 Å². The summed E-state index contributed by atoms with van der Waals surface area (Å²) in [6, 6.07) is 18.3. The molecule has 0 aliphatic carbocycles. The monoisotopic (exact) mass is 312 g/mol. The van der Waals surface area contributed by atoms with Crippen LogP contribution in [0.25, 0.3) is 0 Å². The van der Waals surface area contributed by atoms with Gasteiger partial charge in [-0.05, 0) is 43.7 Å². The van der Waals surface area contributed by atoms with Crippen LogP contribution in [0.15, 0.2) is 64.4 Å². The SMILES string of the molecule is O=C(NCC1CCCN1)c1ccccc1Sc1ccccc1. The van der Waals surface area contributed by atoms with Crippen molar-refractivity contribution in [2.75, 3.05) is 13.1 Å². The summed E-state index contributed by atoms with van der Waals surface area (Å²) in [5.74, 6) is 0.00716. The van der Waals surface area contributed by atoms with Gasteiger partial charge in [0.05, 0.1) is 5.56 Å². The smallest absolute Gasteiger partial charge is 0.252 e. The molecule has 3 rings (SSSR count). The molecule has 1 aliphatic rings. The third kappa shape index (κ3) is 3.90. The number of benzene rings is 2. The number of hydrogen-bond donors (Lipinski definition) is 2. The summed E-state index contributed by atoms with van der Waals surface area (Å²) >= 11 is 1.62. The number of carbonyl (C=O) groups excluding carboxylic acids is 1. The van der Waals surface area contributed by atoms with Crippen LogP contribution in [0.2, 0.25) is 0 Å². The summed E-state index contributed by atoms with van der Waals surface area (Å²) < 4.78 is 0. The van der Waals surface area contributed by atoms with Gasteiger partial charge in [-0.3, -0.25) is 4.79 Å². The van der Waals surface area contributed by atoms with Crippen molar-refractivity contribution in [3.63, 3.8) is 0 Å². The van der Waals surface area contributed by atoms with E-state index in [0.29, 0.717) is 12.6 Å². The summed E-state index contributed by atoms with van der Waals surface area (Å²) in [4.78, 5) is 14.6. The Balaban J connectivity index is 1.68. The Morgan fingerprint density at radius 3 is 2.68 bits per heavy atom. The Hall–Kier alpha value is -1.78. The largest absolute Gasteiger partial charge is 0.350 e. The zero-order valence-corrected chi connectivity index (χ0v) is 13.2. The third-order valence-corrected chi connectivity index (χ3v) is 4.86. The molecular formula is C18H20N2OS. The number of nitrogens with one attached hydrogen (secondary N) is 2. The van der Waals surface area contributed by atoms with Gasteiger partial charge in [-0.2, -0.15) is 0 Å². The molecule has 1 aliphatic heterocycles. The van der Waals surface area contributed by atoms with E-state index in [-0.39, 0.29) is 5.91 Å². The van der Waals surface area contributed by atoms with Gasteiger partial charge in [0.25, 0.3) is 5.91 Å². The molecule has 2 aromatic rings. The summed E-state index contributed by atoms with van der Waals surface area (Å²) in [6.45, 7) is 1.75. The lowest BCUT2D eigenvalue weighted by Gasteiger charge is -2.13. The topological polar surface area (TPSA) is 41.1 Å². The number of hydrogen-bond acceptors (Lipinski definition) is 3. The lowest BCUT2D eigenvalue weighted by molar-refractivity contribution is 0.0947. The molecule has 2 N–H and O–H groups in total. The summed E-state index contributed by atoms with van der Waals surface area (Å²) in [7, 11) is 0.